The zero-order valence-electron chi connectivity index (χ0n) is 12.1. The van der Waals surface area contributed by atoms with Crippen LogP contribution in [0.5, 0.6) is 17.2 Å². The van der Waals surface area contributed by atoms with E-state index in [9.17, 15) is 0 Å². The summed E-state index contributed by atoms with van der Waals surface area (Å²) in [6.07, 6.45) is 1.14. The number of hydrogen-bond acceptors (Lipinski definition) is 3. The van der Waals surface area contributed by atoms with E-state index < -0.39 is 0 Å². The summed E-state index contributed by atoms with van der Waals surface area (Å²) < 4.78 is 11.0. The highest BCUT2D eigenvalue weighted by molar-refractivity contribution is 5.36. The van der Waals surface area contributed by atoms with Gasteiger partial charge in [-0.1, -0.05) is 19.1 Å². The predicted molar refractivity (Wildman–Crippen MR) is 81.5 cm³/mol. The van der Waals surface area contributed by atoms with Gasteiger partial charge >= 0.3 is 0 Å². The van der Waals surface area contributed by atoms with Crippen molar-refractivity contribution >= 4 is 0 Å². The molecule has 0 aromatic heterocycles. The molecule has 3 nitrogen and oxygen atoms in total. The normalized spacial score (nSPS) is 10.3. The molecule has 0 radical (unpaired) electrons. The molecule has 0 aliphatic carbocycles. The van der Waals surface area contributed by atoms with Crippen molar-refractivity contribution in [1.82, 2.24) is 5.32 Å². The summed E-state index contributed by atoms with van der Waals surface area (Å²) >= 11 is 0. The molecule has 2 aromatic carbocycles. The highest BCUT2D eigenvalue weighted by Crippen LogP contribution is 2.24. The summed E-state index contributed by atoms with van der Waals surface area (Å²) in [5.74, 6) is 2.49. The highest BCUT2D eigenvalue weighted by atomic mass is 16.5. The van der Waals surface area contributed by atoms with Gasteiger partial charge in [0.05, 0.1) is 7.11 Å². The predicted octanol–water partition coefficient (Wildman–Crippen LogP) is 3.99. The van der Waals surface area contributed by atoms with Gasteiger partial charge in [0.15, 0.2) is 0 Å². The van der Waals surface area contributed by atoms with Crippen molar-refractivity contribution in [1.29, 1.82) is 0 Å². The fraction of sp³-hybridized carbons (Fsp3) is 0.294. The van der Waals surface area contributed by atoms with E-state index in [2.05, 4.69) is 24.4 Å². The lowest BCUT2D eigenvalue weighted by Gasteiger charge is -2.09. The standard InChI is InChI=1S/C17H21NO2/c1-3-11-18-13-14-5-4-6-17(12-14)20-16-9-7-15(19-2)8-10-16/h4-10,12,18H,3,11,13H2,1-2H3. The van der Waals surface area contributed by atoms with Gasteiger partial charge in [-0.05, 0) is 54.9 Å². The molecule has 0 fully saturated rings. The van der Waals surface area contributed by atoms with E-state index in [1.54, 1.807) is 7.11 Å². The topological polar surface area (TPSA) is 30.5 Å². The van der Waals surface area contributed by atoms with Crippen molar-refractivity contribution in [2.24, 2.45) is 0 Å². The Kier molecular flexibility index (Phi) is 5.44. The molecule has 0 heterocycles. The van der Waals surface area contributed by atoms with Crippen molar-refractivity contribution < 1.29 is 9.47 Å². The Morgan fingerprint density at radius 3 is 2.40 bits per heavy atom. The molecule has 0 spiro atoms. The number of ether oxygens (including phenoxy) is 2. The fourth-order valence-electron chi connectivity index (χ4n) is 1.91. The molecule has 2 aromatic rings. The molecule has 0 bridgehead atoms. The quantitative estimate of drug-likeness (QED) is 0.772. The van der Waals surface area contributed by atoms with E-state index in [4.69, 9.17) is 9.47 Å². The Morgan fingerprint density at radius 1 is 0.950 bits per heavy atom. The van der Waals surface area contributed by atoms with Gasteiger partial charge in [-0.3, -0.25) is 0 Å². The maximum atomic E-state index is 5.84. The minimum Gasteiger partial charge on any atom is -0.497 e. The number of hydrogen-bond donors (Lipinski definition) is 1. The molecule has 0 aliphatic heterocycles. The van der Waals surface area contributed by atoms with Gasteiger partial charge < -0.3 is 14.8 Å². The molecule has 0 saturated carbocycles. The monoisotopic (exact) mass is 271 g/mol. The van der Waals surface area contributed by atoms with Gasteiger partial charge in [-0.2, -0.15) is 0 Å². The number of benzene rings is 2. The Labute approximate surface area is 120 Å². The third kappa shape index (κ3) is 4.28. The van der Waals surface area contributed by atoms with E-state index in [1.807, 2.05) is 36.4 Å². The Bertz CT molecular complexity index is 523. The van der Waals surface area contributed by atoms with Crippen LogP contribution in [0, 0.1) is 0 Å². The van der Waals surface area contributed by atoms with Crippen molar-refractivity contribution in [2.75, 3.05) is 13.7 Å². The van der Waals surface area contributed by atoms with Gasteiger partial charge in [0, 0.05) is 6.54 Å². The first kappa shape index (κ1) is 14.4. The summed E-state index contributed by atoms with van der Waals surface area (Å²) in [5, 5.41) is 3.39. The first-order valence-corrected chi connectivity index (χ1v) is 6.93. The van der Waals surface area contributed by atoms with Crippen LogP contribution in [0.2, 0.25) is 0 Å². The Balaban J connectivity index is 1.99. The second-order valence-electron chi connectivity index (χ2n) is 4.60. The van der Waals surface area contributed by atoms with Crippen LogP contribution in [-0.2, 0) is 6.54 Å². The van der Waals surface area contributed by atoms with Crippen LogP contribution in [0.1, 0.15) is 18.9 Å². The van der Waals surface area contributed by atoms with Crippen LogP contribution in [0.4, 0.5) is 0 Å². The minimum absolute atomic E-state index is 0.810. The summed E-state index contributed by atoms with van der Waals surface area (Å²) in [5.41, 5.74) is 1.23. The molecule has 0 aliphatic rings. The molecule has 106 valence electrons. The van der Waals surface area contributed by atoms with Crippen LogP contribution in [-0.4, -0.2) is 13.7 Å². The Hall–Kier alpha value is -2.00. The lowest BCUT2D eigenvalue weighted by Crippen LogP contribution is -2.13. The summed E-state index contributed by atoms with van der Waals surface area (Å²) in [6, 6.07) is 15.7. The van der Waals surface area contributed by atoms with Crippen LogP contribution in [0.25, 0.3) is 0 Å². The SMILES string of the molecule is CCCNCc1cccc(Oc2ccc(OC)cc2)c1. The molecule has 0 saturated heterocycles. The summed E-state index contributed by atoms with van der Waals surface area (Å²) in [6.45, 7) is 4.06. The van der Waals surface area contributed by atoms with Gasteiger partial charge in [0.1, 0.15) is 17.2 Å². The van der Waals surface area contributed by atoms with E-state index >= 15 is 0 Å². The van der Waals surface area contributed by atoms with Gasteiger partial charge in [0.2, 0.25) is 0 Å². The number of nitrogens with one attached hydrogen (secondary N) is 1. The zero-order valence-corrected chi connectivity index (χ0v) is 12.1. The first-order chi connectivity index (χ1) is 9.81. The van der Waals surface area contributed by atoms with Crippen molar-refractivity contribution in [3.63, 3.8) is 0 Å². The number of methoxy groups -OCH3 is 1. The smallest absolute Gasteiger partial charge is 0.127 e. The summed E-state index contributed by atoms with van der Waals surface area (Å²) in [4.78, 5) is 0. The molecule has 2 rings (SSSR count). The van der Waals surface area contributed by atoms with E-state index in [0.717, 1.165) is 36.8 Å². The van der Waals surface area contributed by atoms with E-state index in [-0.39, 0.29) is 0 Å². The molecule has 0 amide bonds. The lowest BCUT2D eigenvalue weighted by atomic mass is 10.2. The summed E-state index contributed by atoms with van der Waals surface area (Å²) in [7, 11) is 1.66. The van der Waals surface area contributed by atoms with E-state index in [1.165, 1.54) is 5.56 Å². The van der Waals surface area contributed by atoms with Crippen LogP contribution in [0.3, 0.4) is 0 Å². The van der Waals surface area contributed by atoms with Crippen molar-refractivity contribution in [2.45, 2.75) is 19.9 Å². The van der Waals surface area contributed by atoms with Gasteiger partial charge in [-0.25, -0.2) is 0 Å². The molecule has 0 atom stereocenters. The molecular weight excluding hydrogens is 250 g/mol. The third-order valence-corrected chi connectivity index (χ3v) is 2.95. The fourth-order valence-corrected chi connectivity index (χ4v) is 1.91. The zero-order chi connectivity index (χ0) is 14.2. The van der Waals surface area contributed by atoms with Crippen molar-refractivity contribution in [3.05, 3.63) is 54.1 Å². The van der Waals surface area contributed by atoms with Crippen molar-refractivity contribution in [3.8, 4) is 17.2 Å². The second kappa shape index (κ2) is 7.56. The van der Waals surface area contributed by atoms with Crippen LogP contribution in [0.15, 0.2) is 48.5 Å². The second-order valence-corrected chi connectivity index (χ2v) is 4.60. The first-order valence-electron chi connectivity index (χ1n) is 6.93. The molecule has 0 unspecified atom stereocenters. The maximum Gasteiger partial charge on any atom is 0.127 e. The average Bonchev–Trinajstić information content (AvgIpc) is 2.49. The maximum absolute atomic E-state index is 5.84. The van der Waals surface area contributed by atoms with Gasteiger partial charge in [-0.15, -0.1) is 0 Å². The average molecular weight is 271 g/mol. The molecule has 20 heavy (non-hydrogen) atoms. The third-order valence-electron chi connectivity index (χ3n) is 2.95. The molecule has 3 heteroatoms. The van der Waals surface area contributed by atoms with E-state index in [0.29, 0.717) is 0 Å². The molecule has 1 N–H and O–H groups in total. The van der Waals surface area contributed by atoms with Crippen LogP contribution >= 0.6 is 0 Å². The highest BCUT2D eigenvalue weighted by Gasteiger charge is 2.00. The van der Waals surface area contributed by atoms with Crippen LogP contribution < -0.4 is 14.8 Å². The lowest BCUT2D eigenvalue weighted by molar-refractivity contribution is 0.413. The molecular formula is C17H21NO2. The largest absolute Gasteiger partial charge is 0.497 e. The van der Waals surface area contributed by atoms with Gasteiger partial charge in [0.25, 0.3) is 0 Å². The number of rotatable bonds is 7. The minimum atomic E-state index is 0.810. The Morgan fingerprint density at radius 2 is 1.70 bits per heavy atom.